The summed E-state index contributed by atoms with van der Waals surface area (Å²) in [5.74, 6) is -0.382. The number of hydrogen-bond acceptors (Lipinski definition) is 5. The van der Waals surface area contributed by atoms with Gasteiger partial charge < -0.3 is 9.64 Å². The van der Waals surface area contributed by atoms with E-state index in [0.29, 0.717) is 36.6 Å². The molecule has 0 saturated carbocycles. The second kappa shape index (κ2) is 7.25. The molecular weight excluding hydrogens is 340 g/mol. The average molecular weight is 360 g/mol. The van der Waals surface area contributed by atoms with Gasteiger partial charge in [0.1, 0.15) is 0 Å². The van der Waals surface area contributed by atoms with Crippen LogP contribution in [0.2, 0.25) is 0 Å². The lowest BCUT2D eigenvalue weighted by atomic mass is 10.2. The smallest absolute Gasteiger partial charge is 0.337 e. The van der Waals surface area contributed by atoms with E-state index in [2.05, 4.69) is 4.90 Å². The summed E-state index contributed by atoms with van der Waals surface area (Å²) in [6.07, 6.45) is 0. The Morgan fingerprint density at radius 3 is 2.28 bits per heavy atom. The Morgan fingerprint density at radius 2 is 1.64 bits per heavy atom. The molecule has 7 heteroatoms. The first kappa shape index (κ1) is 17.4. The molecule has 1 aliphatic rings. The molecule has 6 nitrogen and oxygen atoms in total. The van der Waals surface area contributed by atoms with Gasteiger partial charge in [-0.15, -0.1) is 0 Å². The predicted octanol–water partition coefficient (Wildman–Crippen LogP) is 1.98. The molecule has 1 aliphatic heterocycles. The third kappa shape index (κ3) is 3.67. The van der Waals surface area contributed by atoms with E-state index in [4.69, 9.17) is 4.74 Å². The second-order valence-corrected chi connectivity index (χ2v) is 7.68. The highest BCUT2D eigenvalue weighted by Gasteiger charge is 2.28. The molecule has 0 spiro atoms. The van der Waals surface area contributed by atoms with Crippen LogP contribution in [0.25, 0.3) is 0 Å². The highest BCUT2D eigenvalue weighted by atomic mass is 32.2. The van der Waals surface area contributed by atoms with E-state index in [0.717, 1.165) is 5.69 Å². The normalized spacial score (nSPS) is 15.8. The Balaban J connectivity index is 1.71. The number of nitrogens with zero attached hydrogens (tertiary/aromatic N) is 2. The lowest BCUT2D eigenvalue weighted by Gasteiger charge is -2.35. The van der Waals surface area contributed by atoms with Crippen molar-refractivity contribution in [3.8, 4) is 0 Å². The standard InChI is InChI=1S/C18H20N2O4S/c1-24-18(21)15-6-5-7-16(14-15)19-10-12-20(13-11-19)25(22,23)17-8-3-2-4-9-17/h2-9,14H,10-13H2,1H3. The molecule has 0 atom stereocenters. The van der Waals surface area contributed by atoms with Crippen LogP contribution in [0.1, 0.15) is 10.4 Å². The predicted molar refractivity (Wildman–Crippen MR) is 95.2 cm³/mol. The number of esters is 1. The van der Waals surface area contributed by atoms with Crippen molar-refractivity contribution in [3.63, 3.8) is 0 Å². The van der Waals surface area contributed by atoms with Crippen LogP contribution in [0, 0.1) is 0 Å². The SMILES string of the molecule is COC(=O)c1cccc(N2CCN(S(=O)(=O)c3ccccc3)CC2)c1. The number of hydrogen-bond donors (Lipinski definition) is 0. The van der Waals surface area contributed by atoms with Crippen LogP contribution in [0.4, 0.5) is 5.69 Å². The fraction of sp³-hybridized carbons (Fsp3) is 0.278. The number of piperazine rings is 1. The van der Waals surface area contributed by atoms with Crippen LogP contribution in [0.3, 0.4) is 0 Å². The Labute approximate surface area is 147 Å². The molecule has 0 N–H and O–H groups in total. The molecule has 2 aromatic rings. The number of sulfonamides is 1. The maximum atomic E-state index is 12.7. The Hall–Kier alpha value is -2.38. The summed E-state index contributed by atoms with van der Waals surface area (Å²) < 4.78 is 31.6. The van der Waals surface area contributed by atoms with Crippen molar-refractivity contribution >= 4 is 21.7 Å². The van der Waals surface area contributed by atoms with Crippen molar-refractivity contribution in [1.82, 2.24) is 4.31 Å². The summed E-state index contributed by atoms with van der Waals surface area (Å²) in [4.78, 5) is 14.0. The molecule has 3 rings (SSSR count). The van der Waals surface area contributed by atoms with Crippen molar-refractivity contribution < 1.29 is 17.9 Å². The Kier molecular flexibility index (Phi) is 5.06. The van der Waals surface area contributed by atoms with Crippen molar-refractivity contribution in [2.24, 2.45) is 0 Å². The van der Waals surface area contributed by atoms with Crippen molar-refractivity contribution in [1.29, 1.82) is 0 Å². The Morgan fingerprint density at radius 1 is 0.960 bits per heavy atom. The zero-order chi connectivity index (χ0) is 17.9. The van der Waals surface area contributed by atoms with Crippen LogP contribution in [0.5, 0.6) is 0 Å². The Bertz CT molecular complexity index is 844. The van der Waals surface area contributed by atoms with Crippen LogP contribution in [-0.2, 0) is 14.8 Å². The van der Waals surface area contributed by atoms with Gasteiger partial charge in [0.2, 0.25) is 10.0 Å². The van der Waals surface area contributed by atoms with Crippen LogP contribution < -0.4 is 4.90 Å². The van der Waals surface area contributed by atoms with E-state index in [9.17, 15) is 13.2 Å². The molecule has 1 fully saturated rings. The van der Waals surface area contributed by atoms with Crippen LogP contribution in [0.15, 0.2) is 59.5 Å². The van der Waals surface area contributed by atoms with Crippen LogP contribution in [-0.4, -0.2) is 52.0 Å². The first-order valence-corrected chi connectivity index (χ1v) is 9.45. The maximum Gasteiger partial charge on any atom is 0.337 e. The molecule has 0 radical (unpaired) electrons. The number of carbonyl (C=O) groups is 1. The molecule has 132 valence electrons. The number of ether oxygens (including phenoxy) is 1. The molecule has 0 aromatic heterocycles. The first-order chi connectivity index (χ1) is 12.0. The van der Waals surface area contributed by atoms with E-state index in [1.54, 1.807) is 48.5 Å². The second-order valence-electron chi connectivity index (χ2n) is 5.75. The molecule has 1 heterocycles. The zero-order valence-corrected chi connectivity index (χ0v) is 14.8. The minimum absolute atomic E-state index is 0.316. The van der Waals surface area contributed by atoms with Gasteiger partial charge in [-0.1, -0.05) is 24.3 Å². The molecule has 25 heavy (non-hydrogen) atoms. The molecule has 0 unspecified atom stereocenters. The number of anilines is 1. The van der Waals surface area contributed by atoms with Crippen molar-refractivity contribution in [3.05, 3.63) is 60.2 Å². The third-order valence-corrected chi connectivity index (χ3v) is 6.16. The van der Waals surface area contributed by atoms with Gasteiger partial charge in [-0.3, -0.25) is 0 Å². The molecule has 0 amide bonds. The van der Waals surface area contributed by atoms with Crippen LogP contribution >= 0.6 is 0 Å². The van der Waals surface area contributed by atoms with E-state index < -0.39 is 10.0 Å². The van der Waals surface area contributed by atoms with Gasteiger partial charge in [-0.05, 0) is 30.3 Å². The quantitative estimate of drug-likeness (QED) is 0.780. The number of carbonyl (C=O) groups excluding carboxylic acids is 1. The van der Waals surface area contributed by atoms with Gasteiger partial charge in [0.05, 0.1) is 17.6 Å². The van der Waals surface area contributed by atoms with Gasteiger partial charge in [0, 0.05) is 31.9 Å². The highest BCUT2D eigenvalue weighted by molar-refractivity contribution is 7.89. The van der Waals surface area contributed by atoms with Gasteiger partial charge in [0.15, 0.2) is 0 Å². The summed E-state index contributed by atoms with van der Waals surface area (Å²) in [6.45, 7) is 1.94. The van der Waals surface area contributed by atoms with Gasteiger partial charge >= 0.3 is 5.97 Å². The van der Waals surface area contributed by atoms with Gasteiger partial charge in [-0.2, -0.15) is 4.31 Å². The van der Waals surface area contributed by atoms with Crippen molar-refractivity contribution in [2.45, 2.75) is 4.90 Å². The minimum atomic E-state index is -3.46. The van der Waals surface area contributed by atoms with E-state index in [-0.39, 0.29) is 5.97 Å². The van der Waals surface area contributed by atoms with Gasteiger partial charge in [-0.25, -0.2) is 13.2 Å². The molecule has 0 aliphatic carbocycles. The van der Waals surface area contributed by atoms with E-state index in [1.165, 1.54) is 11.4 Å². The largest absolute Gasteiger partial charge is 0.465 e. The topological polar surface area (TPSA) is 66.9 Å². The molecule has 2 aromatic carbocycles. The maximum absolute atomic E-state index is 12.7. The summed E-state index contributed by atoms with van der Waals surface area (Å²) >= 11 is 0. The summed E-state index contributed by atoms with van der Waals surface area (Å²) in [5.41, 5.74) is 1.37. The minimum Gasteiger partial charge on any atom is -0.465 e. The fourth-order valence-electron chi connectivity index (χ4n) is 2.88. The molecule has 1 saturated heterocycles. The lowest BCUT2D eigenvalue weighted by molar-refractivity contribution is 0.0600. The van der Waals surface area contributed by atoms with Crippen molar-refractivity contribution in [2.75, 3.05) is 38.2 Å². The number of benzene rings is 2. The van der Waals surface area contributed by atoms with E-state index >= 15 is 0 Å². The summed E-state index contributed by atoms with van der Waals surface area (Å²) in [7, 11) is -2.11. The summed E-state index contributed by atoms with van der Waals surface area (Å²) in [5, 5.41) is 0. The highest BCUT2D eigenvalue weighted by Crippen LogP contribution is 2.22. The first-order valence-electron chi connectivity index (χ1n) is 8.01. The summed E-state index contributed by atoms with van der Waals surface area (Å²) in [6, 6.07) is 15.7. The lowest BCUT2D eigenvalue weighted by Crippen LogP contribution is -2.48. The monoisotopic (exact) mass is 360 g/mol. The number of methoxy groups -OCH3 is 1. The van der Waals surface area contributed by atoms with Gasteiger partial charge in [0.25, 0.3) is 0 Å². The van der Waals surface area contributed by atoms with E-state index in [1.807, 2.05) is 6.07 Å². The zero-order valence-electron chi connectivity index (χ0n) is 14.0. The average Bonchev–Trinajstić information content (AvgIpc) is 2.68. The third-order valence-electron chi connectivity index (χ3n) is 4.25. The molecular formula is C18H20N2O4S. The molecule has 0 bridgehead atoms. The fourth-order valence-corrected chi connectivity index (χ4v) is 4.32. The number of rotatable bonds is 4.